The first-order valence-electron chi connectivity index (χ1n) is 10.2. The van der Waals surface area contributed by atoms with Crippen LogP contribution in [0.4, 0.5) is 5.00 Å². The summed E-state index contributed by atoms with van der Waals surface area (Å²) in [6.45, 7) is 4.53. The first-order valence-corrected chi connectivity index (χ1v) is 11.0. The van der Waals surface area contributed by atoms with Crippen LogP contribution in [0.3, 0.4) is 0 Å². The number of hydrogen-bond donors (Lipinski definition) is 2. The Kier molecular flexibility index (Phi) is 7.68. The zero-order valence-corrected chi connectivity index (χ0v) is 19.1. The number of carbonyl (C=O) groups excluding carboxylic acids is 2. The second-order valence-corrected chi connectivity index (χ2v) is 8.27. The molecule has 0 saturated carbocycles. The molecule has 0 aliphatic heterocycles. The summed E-state index contributed by atoms with van der Waals surface area (Å²) in [5, 5.41) is 3.23. The molecule has 6 nitrogen and oxygen atoms in total. The van der Waals surface area contributed by atoms with Gasteiger partial charge in [0.15, 0.2) is 11.5 Å². The Hall–Kier alpha value is -3.58. The first kappa shape index (κ1) is 23.1. The number of carbonyl (C=O) groups is 2. The van der Waals surface area contributed by atoms with Crippen molar-refractivity contribution in [1.29, 1.82) is 0 Å². The van der Waals surface area contributed by atoms with Crippen LogP contribution in [0.5, 0.6) is 11.5 Å². The normalized spacial score (nSPS) is 10.8. The quantitative estimate of drug-likeness (QED) is 0.435. The van der Waals surface area contributed by atoms with Crippen LogP contribution in [-0.2, 0) is 4.79 Å². The number of aryl methyl sites for hydroxylation is 1. The molecular formula is C25H26N2O4S. The predicted molar refractivity (Wildman–Crippen MR) is 129 cm³/mol. The second kappa shape index (κ2) is 10.6. The van der Waals surface area contributed by atoms with Crippen molar-refractivity contribution in [2.75, 3.05) is 19.0 Å². The third-order valence-corrected chi connectivity index (χ3v) is 5.73. The van der Waals surface area contributed by atoms with E-state index in [9.17, 15) is 9.59 Å². The molecule has 166 valence electrons. The molecule has 0 aliphatic rings. The minimum Gasteiger partial charge on any atom is -0.493 e. The molecule has 0 atom stereocenters. The largest absolute Gasteiger partial charge is 0.493 e. The van der Waals surface area contributed by atoms with E-state index < -0.39 is 5.91 Å². The molecule has 3 rings (SSSR count). The summed E-state index contributed by atoms with van der Waals surface area (Å²) < 4.78 is 11.0. The zero-order valence-electron chi connectivity index (χ0n) is 18.3. The van der Waals surface area contributed by atoms with E-state index in [-0.39, 0.29) is 5.91 Å². The Balaban J connectivity index is 1.81. The van der Waals surface area contributed by atoms with Crippen molar-refractivity contribution >= 4 is 34.2 Å². The van der Waals surface area contributed by atoms with Gasteiger partial charge < -0.3 is 20.5 Å². The third kappa shape index (κ3) is 5.36. The molecule has 32 heavy (non-hydrogen) atoms. The number of amides is 2. The highest BCUT2D eigenvalue weighted by Gasteiger charge is 2.22. The third-order valence-electron chi connectivity index (χ3n) is 4.71. The van der Waals surface area contributed by atoms with Gasteiger partial charge in [-0.1, -0.05) is 43.3 Å². The molecule has 0 aliphatic carbocycles. The Labute approximate surface area is 191 Å². The van der Waals surface area contributed by atoms with Crippen molar-refractivity contribution in [3.63, 3.8) is 0 Å². The van der Waals surface area contributed by atoms with Gasteiger partial charge in [-0.15, -0.1) is 11.3 Å². The van der Waals surface area contributed by atoms with Crippen LogP contribution in [0.1, 0.15) is 34.1 Å². The van der Waals surface area contributed by atoms with Gasteiger partial charge in [0.05, 0.1) is 19.3 Å². The predicted octanol–water partition coefficient (Wildman–Crippen LogP) is 5.27. The summed E-state index contributed by atoms with van der Waals surface area (Å²) in [6, 6.07) is 15.0. The Morgan fingerprint density at radius 1 is 1.12 bits per heavy atom. The van der Waals surface area contributed by atoms with E-state index in [1.165, 1.54) is 17.4 Å². The summed E-state index contributed by atoms with van der Waals surface area (Å²) in [7, 11) is 1.57. The number of nitrogens with one attached hydrogen (secondary N) is 1. The van der Waals surface area contributed by atoms with E-state index in [0.29, 0.717) is 28.7 Å². The zero-order chi connectivity index (χ0) is 23.1. The molecule has 1 heterocycles. The fourth-order valence-electron chi connectivity index (χ4n) is 3.26. The number of primary amides is 1. The van der Waals surface area contributed by atoms with Gasteiger partial charge in [0.2, 0.25) is 5.91 Å². The summed E-state index contributed by atoms with van der Waals surface area (Å²) in [5.74, 6) is 0.307. The molecule has 0 unspecified atom stereocenters. The van der Waals surface area contributed by atoms with Crippen molar-refractivity contribution < 1.29 is 19.1 Å². The number of benzene rings is 2. The van der Waals surface area contributed by atoms with Crippen LogP contribution in [0, 0.1) is 6.92 Å². The highest BCUT2D eigenvalue weighted by molar-refractivity contribution is 7.17. The van der Waals surface area contributed by atoms with Gasteiger partial charge in [-0.25, -0.2) is 0 Å². The SMILES string of the molecule is CCCOc1ccc(/C=C/C(=O)Nc2sc(C)c(-c3ccccc3)c2C(N)=O)cc1OC. The molecule has 7 heteroatoms. The number of rotatable bonds is 9. The lowest BCUT2D eigenvalue weighted by Gasteiger charge is -2.10. The second-order valence-electron chi connectivity index (χ2n) is 7.05. The first-order chi connectivity index (χ1) is 15.4. The Morgan fingerprint density at radius 3 is 2.53 bits per heavy atom. The highest BCUT2D eigenvalue weighted by atomic mass is 32.1. The number of nitrogens with two attached hydrogens (primary N) is 1. The van der Waals surface area contributed by atoms with Crippen LogP contribution in [0.2, 0.25) is 0 Å². The molecule has 0 fully saturated rings. The van der Waals surface area contributed by atoms with Crippen LogP contribution >= 0.6 is 11.3 Å². The lowest BCUT2D eigenvalue weighted by molar-refractivity contribution is -0.111. The van der Waals surface area contributed by atoms with Gasteiger partial charge in [0, 0.05) is 16.5 Å². The molecule has 2 aromatic carbocycles. The molecule has 0 spiro atoms. The van der Waals surface area contributed by atoms with Gasteiger partial charge in [0.1, 0.15) is 5.00 Å². The lowest BCUT2D eigenvalue weighted by Crippen LogP contribution is -2.16. The smallest absolute Gasteiger partial charge is 0.252 e. The lowest BCUT2D eigenvalue weighted by atomic mass is 10.0. The van der Waals surface area contributed by atoms with E-state index in [4.69, 9.17) is 15.2 Å². The Bertz CT molecular complexity index is 1140. The summed E-state index contributed by atoms with van der Waals surface area (Å²) in [6.07, 6.45) is 3.97. The van der Waals surface area contributed by atoms with Crippen LogP contribution < -0.4 is 20.5 Å². The van der Waals surface area contributed by atoms with E-state index >= 15 is 0 Å². The van der Waals surface area contributed by atoms with Crippen molar-refractivity contribution in [2.45, 2.75) is 20.3 Å². The maximum Gasteiger partial charge on any atom is 0.252 e. The molecule has 3 N–H and O–H groups in total. The molecule has 0 saturated heterocycles. The maximum atomic E-state index is 12.6. The highest BCUT2D eigenvalue weighted by Crippen LogP contribution is 2.39. The number of anilines is 1. The molecule has 0 bridgehead atoms. The number of thiophene rings is 1. The van der Waals surface area contributed by atoms with Crippen molar-refractivity contribution in [1.82, 2.24) is 0 Å². The average molecular weight is 451 g/mol. The fraction of sp³-hybridized carbons (Fsp3) is 0.200. The molecular weight excluding hydrogens is 424 g/mol. The van der Waals surface area contributed by atoms with Gasteiger partial charge in [-0.2, -0.15) is 0 Å². The number of methoxy groups -OCH3 is 1. The molecule has 0 radical (unpaired) electrons. The van der Waals surface area contributed by atoms with E-state index in [1.807, 2.05) is 56.3 Å². The van der Waals surface area contributed by atoms with Gasteiger partial charge in [0.25, 0.3) is 5.91 Å². The van der Waals surface area contributed by atoms with Crippen molar-refractivity contribution in [3.8, 4) is 22.6 Å². The number of ether oxygens (including phenoxy) is 2. The van der Waals surface area contributed by atoms with Crippen LogP contribution in [0.25, 0.3) is 17.2 Å². The molecule has 1 aromatic heterocycles. The number of hydrogen-bond acceptors (Lipinski definition) is 5. The monoisotopic (exact) mass is 450 g/mol. The van der Waals surface area contributed by atoms with E-state index in [2.05, 4.69) is 5.32 Å². The van der Waals surface area contributed by atoms with Gasteiger partial charge in [-0.3, -0.25) is 9.59 Å². The summed E-state index contributed by atoms with van der Waals surface area (Å²) in [4.78, 5) is 25.7. The summed E-state index contributed by atoms with van der Waals surface area (Å²) >= 11 is 1.33. The maximum absolute atomic E-state index is 12.6. The molecule has 3 aromatic rings. The fourth-order valence-corrected chi connectivity index (χ4v) is 4.35. The minimum absolute atomic E-state index is 0.319. The van der Waals surface area contributed by atoms with Crippen molar-refractivity contribution in [2.24, 2.45) is 5.73 Å². The van der Waals surface area contributed by atoms with Crippen LogP contribution in [0.15, 0.2) is 54.6 Å². The van der Waals surface area contributed by atoms with E-state index in [0.717, 1.165) is 28.0 Å². The van der Waals surface area contributed by atoms with Crippen LogP contribution in [-0.4, -0.2) is 25.5 Å². The summed E-state index contributed by atoms with van der Waals surface area (Å²) in [5.41, 5.74) is 8.38. The average Bonchev–Trinajstić information content (AvgIpc) is 3.12. The Morgan fingerprint density at radius 2 is 1.88 bits per heavy atom. The van der Waals surface area contributed by atoms with E-state index in [1.54, 1.807) is 19.3 Å². The van der Waals surface area contributed by atoms with Gasteiger partial charge in [-0.05, 0) is 42.7 Å². The van der Waals surface area contributed by atoms with Gasteiger partial charge >= 0.3 is 0 Å². The topological polar surface area (TPSA) is 90.6 Å². The van der Waals surface area contributed by atoms with Crippen molar-refractivity contribution in [3.05, 3.63) is 70.6 Å². The standard InChI is InChI=1S/C25H26N2O4S/c1-4-14-31-19-12-10-17(15-20(19)30-3)11-13-21(28)27-25-23(24(26)29)22(16(2)32-25)18-8-6-5-7-9-18/h5-13,15H,4,14H2,1-3H3,(H2,26,29)(H,27,28)/b13-11+. The minimum atomic E-state index is -0.583. The molecule has 2 amide bonds.